The molecule has 2 N–H and O–H groups in total. The average molecular weight is 250 g/mol. The van der Waals surface area contributed by atoms with Crippen LogP contribution in [-0.4, -0.2) is 27.9 Å². The predicted molar refractivity (Wildman–Crippen MR) is 63.6 cm³/mol. The summed E-state index contributed by atoms with van der Waals surface area (Å²) in [7, 11) is 0. The van der Waals surface area contributed by atoms with E-state index in [9.17, 15) is 14.0 Å². The molecule has 0 saturated carbocycles. The molecule has 94 valence electrons. The van der Waals surface area contributed by atoms with Gasteiger partial charge in [-0.05, 0) is 24.5 Å². The number of aryl methyl sites for hydroxylation is 1. The number of aromatic carboxylic acids is 1. The molecule has 1 heterocycles. The van der Waals surface area contributed by atoms with E-state index in [1.807, 2.05) is 0 Å². The fraction of sp³-hybridized carbons (Fsp3) is 0.250. The first-order valence-electron chi connectivity index (χ1n) is 5.44. The van der Waals surface area contributed by atoms with E-state index >= 15 is 0 Å². The number of nitrogens with one attached hydrogen (secondary N) is 1. The van der Waals surface area contributed by atoms with Crippen LogP contribution in [0.3, 0.4) is 0 Å². The normalized spacial score (nSPS) is 10.7. The average Bonchev–Trinajstić information content (AvgIpc) is 2.36. The Bertz CT molecular complexity index is 651. The standard InChI is InChI=1S/C12H11FN2O3/c13-6-2-4-7-3-1-5-8-9(7)14-15-10(11(8)16)12(17)18/h1,3,5H,2,4,6H2,(H,14,16)(H,17,18). The highest BCUT2D eigenvalue weighted by Crippen LogP contribution is 2.14. The summed E-state index contributed by atoms with van der Waals surface area (Å²) in [5.41, 5.74) is 0.0659. The first kappa shape index (κ1) is 12.2. The second kappa shape index (κ2) is 4.95. The number of hydrogen-bond donors (Lipinski definition) is 2. The molecule has 18 heavy (non-hydrogen) atoms. The summed E-state index contributed by atoms with van der Waals surface area (Å²) in [5.74, 6) is -1.37. The van der Waals surface area contributed by atoms with E-state index in [0.29, 0.717) is 18.4 Å². The third-order valence-corrected chi connectivity index (χ3v) is 2.67. The lowest BCUT2D eigenvalue weighted by molar-refractivity contribution is 0.0688. The molecular formula is C12H11FN2O3. The van der Waals surface area contributed by atoms with Gasteiger partial charge in [-0.2, -0.15) is 5.10 Å². The zero-order chi connectivity index (χ0) is 13.1. The Morgan fingerprint density at radius 3 is 2.89 bits per heavy atom. The molecule has 0 aliphatic carbocycles. The number of carboxylic acid groups (broad SMARTS) is 1. The van der Waals surface area contributed by atoms with E-state index in [1.165, 1.54) is 6.07 Å². The molecular weight excluding hydrogens is 239 g/mol. The van der Waals surface area contributed by atoms with E-state index in [4.69, 9.17) is 5.11 Å². The van der Waals surface area contributed by atoms with Crippen LogP contribution in [0.5, 0.6) is 0 Å². The molecule has 0 unspecified atom stereocenters. The van der Waals surface area contributed by atoms with Crippen molar-refractivity contribution in [2.45, 2.75) is 12.8 Å². The number of H-pyrrole nitrogens is 1. The Labute approximate surface area is 101 Å². The maximum Gasteiger partial charge on any atom is 0.360 e. The van der Waals surface area contributed by atoms with Gasteiger partial charge in [-0.3, -0.25) is 14.3 Å². The van der Waals surface area contributed by atoms with E-state index in [-0.39, 0.29) is 5.39 Å². The van der Waals surface area contributed by atoms with Gasteiger partial charge in [0.25, 0.3) is 0 Å². The van der Waals surface area contributed by atoms with Crippen molar-refractivity contribution >= 4 is 16.9 Å². The Morgan fingerprint density at radius 1 is 1.44 bits per heavy atom. The first-order chi connectivity index (χ1) is 8.65. The van der Waals surface area contributed by atoms with Gasteiger partial charge in [0.05, 0.1) is 12.2 Å². The summed E-state index contributed by atoms with van der Waals surface area (Å²) in [6, 6.07) is 4.94. The van der Waals surface area contributed by atoms with Gasteiger partial charge < -0.3 is 5.11 Å². The molecule has 0 amide bonds. The van der Waals surface area contributed by atoms with Crippen molar-refractivity contribution < 1.29 is 14.3 Å². The fourth-order valence-electron chi connectivity index (χ4n) is 1.82. The summed E-state index contributed by atoms with van der Waals surface area (Å²) in [6.07, 6.45) is 0.819. The van der Waals surface area contributed by atoms with Gasteiger partial charge in [0.1, 0.15) is 0 Å². The lowest BCUT2D eigenvalue weighted by atomic mass is 10.1. The minimum Gasteiger partial charge on any atom is -0.476 e. The third-order valence-electron chi connectivity index (χ3n) is 2.67. The summed E-state index contributed by atoms with van der Waals surface area (Å²) in [5, 5.41) is 15.2. The fourth-order valence-corrected chi connectivity index (χ4v) is 1.82. The summed E-state index contributed by atoms with van der Waals surface area (Å²) < 4.78 is 12.2. The summed E-state index contributed by atoms with van der Waals surface area (Å²) >= 11 is 0. The number of hydrogen-bond acceptors (Lipinski definition) is 3. The van der Waals surface area contributed by atoms with Crippen molar-refractivity contribution in [3.63, 3.8) is 0 Å². The van der Waals surface area contributed by atoms with E-state index in [0.717, 1.165) is 5.56 Å². The Kier molecular flexibility index (Phi) is 3.36. The number of aromatic nitrogens is 2. The van der Waals surface area contributed by atoms with Crippen LogP contribution >= 0.6 is 0 Å². The summed E-state index contributed by atoms with van der Waals surface area (Å²) in [6.45, 7) is -0.443. The molecule has 0 spiro atoms. The minimum atomic E-state index is -1.37. The van der Waals surface area contributed by atoms with Crippen LogP contribution in [0.4, 0.5) is 4.39 Å². The molecule has 0 aliphatic heterocycles. The highest BCUT2D eigenvalue weighted by molar-refractivity contribution is 5.90. The molecule has 1 aromatic carbocycles. The number of carbonyl (C=O) groups is 1. The Balaban J connectivity index is 2.63. The molecule has 0 fully saturated rings. The Hall–Kier alpha value is -2.24. The van der Waals surface area contributed by atoms with Crippen molar-refractivity contribution in [3.05, 3.63) is 39.7 Å². The number of aromatic amines is 1. The monoisotopic (exact) mass is 250 g/mol. The second-order valence-corrected chi connectivity index (χ2v) is 3.84. The zero-order valence-electron chi connectivity index (χ0n) is 9.44. The topological polar surface area (TPSA) is 83.0 Å². The number of carboxylic acids is 1. The number of para-hydroxylation sites is 1. The molecule has 0 bridgehead atoms. The quantitative estimate of drug-likeness (QED) is 0.861. The number of benzene rings is 1. The molecule has 6 heteroatoms. The van der Waals surface area contributed by atoms with Crippen LogP contribution in [0.2, 0.25) is 0 Å². The van der Waals surface area contributed by atoms with Gasteiger partial charge in [0.15, 0.2) is 0 Å². The van der Waals surface area contributed by atoms with Crippen LogP contribution in [-0.2, 0) is 6.42 Å². The maximum absolute atomic E-state index is 12.2. The highest BCUT2D eigenvalue weighted by Gasteiger charge is 2.14. The van der Waals surface area contributed by atoms with Crippen molar-refractivity contribution in [1.82, 2.24) is 10.2 Å². The van der Waals surface area contributed by atoms with E-state index in [1.54, 1.807) is 12.1 Å². The number of alkyl halides is 1. The molecule has 2 aromatic rings. The molecule has 1 aromatic heterocycles. The van der Waals surface area contributed by atoms with Gasteiger partial charge in [0.2, 0.25) is 11.1 Å². The number of halogens is 1. The van der Waals surface area contributed by atoms with Crippen LogP contribution in [0.25, 0.3) is 10.9 Å². The lowest BCUT2D eigenvalue weighted by Gasteiger charge is -2.05. The van der Waals surface area contributed by atoms with Crippen molar-refractivity contribution in [1.29, 1.82) is 0 Å². The zero-order valence-corrected chi connectivity index (χ0v) is 9.44. The largest absolute Gasteiger partial charge is 0.476 e. The molecule has 0 radical (unpaired) electrons. The van der Waals surface area contributed by atoms with Gasteiger partial charge in [-0.25, -0.2) is 4.79 Å². The summed E-state index contributed by atoms with van der Waals surface area (Å²) in [4.78, 5) is 22.6. The van der Waals surface area contributed by atoms with Gasteiger partial charge in [0, 0.05) is 5.39 Å². The van der Waals surface area contributed by atoms with Crippen molar-refractivity contribution in [2.24, 2.45) is 0 Å². The Morgan fingerprint density at radius 2 is 2.22 bits per heavy atom. The van der Waals surface area contributed by atoms with Crippen LogP contribution in [0.15, 0.2) is 23.0 Å². The minimum absolute atomic E-state index is 0.263. The van der Waals surface area contributed by atoms with Crippen LogP contribution in [0.1, 0.15) is 22.5 Å². The highest BCUT2D eigenvalue weighted by atomic mass is 19.1. The third kappa shape index (κ3) is 2.09. The van der Waals surface area contributed by atoms with Gasteiger partial charge >= 0.3 is 5.97 Å². The number of nitrogens with zero attached hydrogens (tertiary/aromatic N) is 1. The molecule has 2 rings (SSSR count). The lowest BCUT2D eigenvalue weighted by Crippen LogP contribution is -2.19. The molecule has 5 nitrogen and oxygen atoms in total. The number of fused-ring (bicyclic) bond motifs is 1. The first-order valence-corrected chi connectivity index (χ1v) is 5.44. The van der Waals surface area contributed by atoms with Crippen LogP contribution < -0.4 is 5.43 Å². The second-order valence-electron chi connectivity index (χ2n) is 3.84. The number of rotatable bonds is 4. The molecule has 0 saturated heterocycles. The molecule has 0 aliphatic rings. The van der Waals surface area contributed by atoms with Gasteiger partial charge in [-0.1, -0.05) is 12.1 Å². The smallest absolute Gasteiger partial charge is 0.360 e. The van der Waals surface area contributed by atoms with Crippen molar-refractivity contribution in [3.8, 4) is 0 Å². The maximum atomic E-state index is 12.2. The van der Waals surface area contributed by atoms with E-state index in [2.05, 4.69) is 10.2 Å². The SMILES string of the molecule is O=C(O)c1n[nH]c2c(CCCF)cccc2c1=O. The van der Waals surface area contributed by atoms with E-state index < -0.39 is 23.8 Å². The molecule has 0 atom stereocenters. The van der Waals surface area contributed by atoms with Crippen molar-refractivity contribution in [2.75, 3.05) is 6.67 Å². The van der Waals surface area contributed by atoms with Crippen LogP contribution in [0, 0.1) is 0 Å². The predicted octanol–water partition coefficient (Wildman–Crippen LogP) is 1.52. The van der Waals surface area contributed by atoms with Gasteiger partial charge in [-0.15, -0.1) is 0 Å².